The first-order chi connectivity index (χ1) is 15.8. The Morgan fingerprint density at radius 2 is 1.91 bits per heavy atom. The number of ether oxygens (including phenoxy) is 1. The van der Waals surface area contributed by atoms with Crippen molar-refractivity contribution in [1.29, 1.82) is 0 Å². The fraction of sp³-hybridized carbons (Fsp3) is 0.333. The van der Waals surface area contributed by atoms with E-state index in [4.69, 9.17) is 4.74 Å². The summed E-state index contributed by atoms with van der Waals surface area (Å²) in [5.74, 6) is 0.110. The van der Waals surface area contributed by atoms with Crippen LogP contribution in [0.1, 0.15) is 18.4 Å². The van der Waals surface area contributed by atoms with Gasteiger partial charge in [-0.25, -0.2) is 8.42 Å². The van der Waals surface area contributed by atoms with Crippen LogP contribution < -0.4 is 9.54 Å². The number of sulfonamides is 1. The van der Waals surface area contributed by atoms with E-state index in [1.165, 1.54) is 22.8 Å². The molecule has 1 aromatic heterocycles. The summed E-state index contributed by atoms with van der Waals surface area (Å²) in [6.45, 7) is 7.00. The molecule has 0 radical (unpaired) electrons. The molecule has 1 aliphatic rings. The number of carbonyl (C=O) groups is 1. The zero-order valence-corrected chi connectivity index (χ0v) is 20.4. The fourth-order valence-corrected chi connectivity index (χ4v) is 6.61. The van der Waals surface area contributed by atoms with Crippen molar-refractivity contribution in [2.24, 2.45) is 10.9 Å². The number of thiazole rings is 1. The third-order valence-electron chi connectivity index (χ3n) is 5.86. The SMILES string of the molecule is C=CCn1c(=NC(=O)C2CCN(S(=O)(=O)c3ccc(OC)cc3)CC2)sc2cc(C)ccc21. The number of aryl methyl sites for hydroxylation is 1. The summed E-state index contributed by atoms with van der Waals surface area (Å²) in [5.41, 5.74) is 2.18. The molecule has 1 fully saturated rings. The molecule has 9 heteroatoms. The van der Waals surface area contributed by atoms with Crippen LogP contribution in [0.5, 0.6) is 5.75 Å². The number of amides is 1. The van der Waals surface area contributed by atoms with Gasteiger partial charge in [-0.15, -0.1) is 6.58 Å². The van der Waals surface area contributed by atoms with Gasteiger partial charge >= 0.3 is 0 Å². The van der Waals surface area contributed by atoms with Gasteiger partial charge in [0.15, 0.2) is 4.80 Å². The quantitative estimate of drug-likeness (QED) is 0.498. The van der Waals surface area contributed by atoms with Crippen molar-refractivity contribution in [3.8, 4) is 5.75 Å². The van der Waals surface area contributed by atoms with Crippen molar-refractivity contribution in [2.75, 3.05) is 20.2 Å². The second kappa shape index (κ2) is 9.62. The highest BCUT2D eigenvalue weighted by molar-refractivity contribution is 7.89. The molecule has 174 valence electrons. The van der Waals surface area contributed by atoms with Gasteiger partial charge in [0.25, 0.3) is 5.91 Å². The number of hydrogen-bond acceptors (Lipinski definition) is 5. The molecule has 1 saturated heterocycles. The lowest BCUT2D eigenvalue weighted by atomic mass is 9.98. The highest BCUT2D eigenvalue weighted by Crippen LogP contribution is 2.26. The zero-order valence-electron chi connectivity index (χ0n) is 18.7. The van der Waals surface area contributed by atoms with Crippen LogP contribution in [-0.4, -0.2) is 43.4 Å². The number of nitrogens with zero attached hydrogens (tertiary/aromatic N) is 3. The van der Waals surface area contributed by atoms with Crippen LogP contribution in [0.3, 0.4) is 0 Å². The molecule has 0 atom stereocenters. The van der Waals surface area contributed by atoms with Crippen LogP contribution in [0.25, 0.3) is 10.2 Å². The maximum absolute atomic E-state index is 13.0. The summed E-state index contributed by atoms with van der Waals surface area (Å²) in [7, 11) is -2.07. The van der Waals surface area contributed by atoms with Gasteiger partial charge < -0.3 is 9.30 Å². The molecule has 0 spiro atoms. The molecule has 0 aliphatic carbocycles. The first-order valence-corrected chi connectivity index (χ1v) is 13.0. The van der Waals surface area contributed by atoms with E-state index in [2.05, 4.69) is 17.6 Å². The maximum Gasteiger partial charge on any atom is 0.251 e. The van der Waals surface area contributed by atoms with E-state index in [9.17, 15) is 13.2 Å². The molecule has 0 unspecified atom stereocenters. The van der Waals surface area contributed by atoms with Gasteiger partial charge in [0.1, 0.15) is 5.75 Å². The van der Waals surface area contributed by atoms with Crippen LogP contribution in [0, 0.1) is 12.8 Å². The minimum Gasteiger partial charge on any atom is -0.497 e. The average Bonchev–Trinajstić information content (AvgIpc) is 3.15. The molecule has 33 heavy (non-hydrogen) atoms. The Hall–Kier alpha value is -2.75. The Kier molecular flexibility index (Phi) is 6.83. The summed E-state index contributed by atoms with van der Waals surface area (Å²) < 4.78 is 35.5. The summed E-state index contributed by atoms with van der Waals surface area (Å²) >= 11 is 1.49. The Balaban J connectivity index is 1.51. The number of carbonyl (C=O) groups excluding carboxylic acids is 1. The molecule has 7 nitrogen and oxygen atoms in total. The number of benzene rings is 2. The second-order valence-electron chi connectivity index (χ2n) is 8.06. The molecular weight excluding hydrogens is 458 g/mol. The fourth-order valence-electron chi connectivity index (χ4n) is 4.00. The molecule has 0 saturated carbocycles. The van der Waals surface area contributed by atoms with Gasteiger partial charge in [-0.1, -0.05) is 23.5 Å². The van der Waals surface area contributed by atoms with Crippen molar-refractivity contribution in [3.63, 3.8) is 0 Å². The highest BCUT2D eigenvalue weighted by atomic mass is 32.2. The lowest BCUT2D eigenvalue weighted by Crippen LogP contribution is -2.40. The van der Waals surface area contributed by atoms with Crippen LogP contribution in [0.4, 0.5) is 0 Å². The third-order valence-corrected chi connectivity index (χ3v) is 8.81. The lowest BCUT2D eigenvalue weighted by Gasteiger charge is -2.29. The van der Waals surface area contributed by atoms with Gasteiger partial charge in [0.05, 0.1) is 22.2 Å². The smallest absolute Gasteiger partial charge is 0.251 e. The molecule has 0 N–H and O–H groups in total. The molecule has 2 heterocycles. The number of methoxy groups -OCH3 is 1. The Bertz CT molecular complexity index is 1350. The Labute approximate surface area is 197 Å². The average molecular weight is 486 g/mol. The van der Waals surface area contributed by atoms with Crippen LogP contribution in [-0.2, 0) is 21.4 Å². The van der Waals surface area contributed by atoms with Crippen molar-refractivity contribution < 1.29 is 17.9 Å². The molecule has 2 aromatic carbocycles. The lowest BCUT2D eigenvalue weighted by molar-refractivity contribution is -0.122. The van der Waals surface area contributed by atoms with Crippen LogP contribution >= 0.6 is 11.3 Å². The Morgan fingerprint density at radius 3 is 2.55 bits per heavy atom. The monoisotopic (exact) mass is 485 g/mol. The van der Waals surface area contributed by atoms with E-state index in [0.29, 0.717) is 43.0 Å². The highest BCUT2D eigenvalue weighted by Gasteiger charge is 2.32. The van der Waals surface area contributed by atoms with Crippen molar-refractivity contribution >= 4 is 37.5 Å². The third kappa shape index (κ3) is 4.80. The molecule has 0 bridgehead atoms. The van der Waals surface area contributed by atoms with Crippen LogP contribution in [0.15, 0.2) is 65.0 Å². The number of rotatable bonds is 6. The normalized spacial score (nSPS) is 16.2. The Morgan fingerprint density at radius 1 is 1.21 bits per heavy atom. The van der Waals surface area contributed by atoms with E-state index >= 15 is 0 Å². The number of allylic oxidation sites excluding steroid dienone is 1. The largest absolute Gasteiger partial charge is 0.497 e. The summed E-state index contributed by atoms with van der Waals surface area (Å²) in [6, 6.07) is 12.5. The number of fused-ring (bicyclic) bond motifs is 1. The van der Waals surface area contributed by atoms with Gasteiger partial charge in [0, 0.05) is 25.6 Å². The van der Waals surface area contributed by atoms with E-state index in [1.54, 1.807) is 30.3 Å². The molecular formula is C24H27N3O4S2. The molecule has 1 aliphatic heterocycles. The predicted octanol–water partition coefficient (Wildman–Crippen LogP) is 3.73. The zero-order chi connectivity index (χ0) is 23.6. The summed E-state index contributed by atoms with van der Waals surface area (Å²) in [4.78, 5) is 18.3. The molecule has 1 amide bonds. The van der Waals surface area contributed by atoms with E-state index in [0.717, 1.165) is 15.8 Å². The second-order valence-corrected chi connectivity index (χ2v) is 11.0. The van der Waals surface area contributed by atoms with E-state index in [1.807, 2.05) is 23.6 Å². The van der Waals surface area contributed by atoms with Gasteiger partial charge in [-0.3, -0.25) is 4.79 Å². The molecule has 4 rings (SSSR count). The van der Waals surface area contributed by atoms with E-state index in [-0.39, 0.29) is 16.7 Å². The maximum atomic E-state index is 13.0. The van der Waals surface area contributed by atoms with E-state index < -0.39 is 10.0 Å². The minimum absolute atomic E-state index is 0.197. The number of piperidine rings is 1. The minimum atomic E-state index is -3.61. The van der Waals surface area contributed by atoms with Gasteiger partial charge in [0.2, 0.25) is 10.0 Å². The summed E-state index contributed by atoms with van der Waals surface area (Å²) in [5, 5.41) is 0. The first-order valence-electron chi connectivity index (χ1n) is 10.8. The van der Waals surface area contributed by atoms with Gasteiger partial charge in [-0.05, 0) is 61.7 Å². The standard InChI is InChI=1S/C24H27N3O4S2/c1-4-13-27-21-10-5-17(2)16-22(21)32-24(27)25-23(28)18-11-14-26(15-12-18)33(29,30)20-8-6-19(31-3)7-9-20/h4-10,16,18H,1,11-15H2,2-3H3. The number of hydrogen-bond donors (Lipinski definition) is 0. The van der Waals surface area contributed by atoms with Crippen LogP contribution in [0.2, 0.25) is 0 Å². The first kappa shape index (κ1) is 23.4. The topological polar surface area (TPSA) is 81.0 Å². The molecule has 3 aromatic rings. The van der Waals surface area contributed by atoms with Crippen molar-refractivity contribution in [3.05, 3.63) is 65.5 Å². The van der Waals surface area contributed by atoms with Crippen molar-refractivity contribution in [2.45, 2.75) is 31.2 Å². The summed E-state index contributed by atoms with van der Waals surface area (Å²) in [6.07, 6.45) is 2.68. The van der Waals surface area contributed by atoms with Crippen molar-refractivity contribution in [1.82, 2.24) is 8.87 Å². The number of aromatic nitrogens is 1. The van der Waals surface area contributed by atoms with Gasteiger partial charge in [-0.2, -0.15) is 9.30 Å². The predicted molar refractivity (Wildman–Crippen MR) is 130 cm³/mol.